The van der Waals surface area contributed by atoms with Crippen molar-refractivity contribution in [2.24, 2.45) is 0 Å². The maximum absolute atomic E-state index is 3.55. The van der Waals surface area contributed by atoms with Gasteiger partial charge in [-0.1, -0.05) is 36.8 Å². The van der Waals surface area contributed by atoms with Gasteiger partial charge in [0.1, 0.15) is 0 Å². The highest BCUT2D eigenvalue weighted by Gasteiger charge is 2.11. The summed E-state index contributed by atoms with van der Waals surface area (Å²) < 4.78 is 0. The molecule has 1 aromatic carbocycles. The van der Waals surface area contributed by atoms with Crippen LogP contribution >= 0.6 is 11.3 Å². The molecular formula is C17H21NS. The van der Waals surface area contributed by atoms with Crippen LogP contribution in [-0.4, -0.2) is 0 Å². The molecule has 1 heterocycles. The van der Waals surface area contributed by atoms with Gasteiger partial charge in [-0.2, -0.15) is 0 Å². The smallest absolute Gasteiger partial charge is 0.0303 e. The molecule has 0 amide bonds. The van der Waals surface area contributed by atoms with E-state index in [1.54, 1.807) is 10.4 Å². The summed E-state index contributed by atoms with van der Waals surface area (Å²) >= 11 is 2.02. The summed E-state index contributed by atoms with van der Waals surface area (Å²) in [5, 5.41) is 3.55. The van der Waals surface area contributed by atoms with Crippen molar-refractivity contribution in [2.45, 2.75) is 45.2 Å². The molecule has 2 aromatic rings. The first kappa shape index (κ1) is 12.9. The summed E-state index contributed by atoms with van der Waals surface area (Å²) in [7, 11) is 0. The third-order valence-corrected chi connectivity index (χ3v) is 5.01. The summed E-state index contributed by atoms with van der Waals surface area (Å²) in [5.74, 6) is 0. The minimum atomic E-state index is 0.962. The van der Waals surface area contributed by atoms with E-state index in [1.807, 2.05) is 11.3 Å². The van der Waals surface area contributed by atoms with Gasteiger partial charge >= 0.3 is 0 Å². The molecular weight excluding hydrogens is 250 g/mol. The van der Waals surface area contributed by atoms with E-state index < -0.39 is 0 Å². The van der Waals surface area contributed by atoms with Gasteiger partial charge in [0.25, 0.3) is 0 Å². The number of hydrogen-bond donors (Lipinski definition) is 1. The Bertz CT molecular complexity index is 492. The molecule has 0 saturated carbocycles. The fourth-order valence-corrected chi connectivity index (χ4v) is 3.97. The van der Waals surface area contributed by atoms with Gasteiger partial charge in [-0.25, -0.2) is 0 Å². The van der Waals surface area contributed by atoms with Gasteiger partial charge in [-0.05, 0) is 42.9 Å². The van der Waals surface area contributed by atoms with E-state index in [0.717, 1.165) is 13.1 Å². The zero-order chi connectivity index (χ0) is 12.9. The summed E-state index contributed by atoms with van der Waals surface area (Å²) in [4.78, 5) is 3.15. The molecule has 0 spiro atoms. The van der Waals surface area contributed by atoms with Gasteiger partial charge in [0.2, 0.25) is 0 Å². The Kier molecular flexibility index (Phi) is 4.31. The topological polar surface area (TPSA) is 12.0 Å². The van der Waals surface area contributed by atoms with Crippen molar-refractivity contribution >= 4 is 11.3 Å². The van der Waals surface area contributed by atoms with Gasteiger partial charge in [0.05, 0.1) is 0 Å². The molecule has 3 rings (SSSR count). The van der Waals surface area contributed by atoms with Crippen LogP contribution in [0.1, 0.15) is 40.1 Å². The van der Waals surface area contributed by atoms with Crippen molar-refractivity contribution in [1.82, 2.24) is 5.32 Å². The molecule has 1 aromatic heterocycles. The minimum Gasteiger partial charge on any atom is -0.308 e. The number of thiophene rings is 1. The average molecular weight is 271 g/mol. The molecule has 0 saturated heterocycles. The molecule has 2 heteroatoms. The van der Waals surface area contributed by atoms with Crippen LogP contribution in [0, 0.1) is 0 Å². The van der Waals surface area contributed by atoms with E-state index in [9.17, 15) is 0 Å². The second kappa shape index (κ2) is 6.36. The van der Waals surface area contributed by atoms with E-state index in [0.29, 0.717) is 0 Å². The lowest BCUT2D eigenvalue weighted by Crippen LogP contribution is -2.11. The van der Waals surface area contributed by atoms with E-state index in [-0.39, 0.29) is 0 Å². The highest BCUT2D eigenvalue weighted by Crippen LogP contribution is 2.28. The van der Waals surface area contributed by atoms with Crippen LogP contribution in [0.2, 0.25) is 0 Å². The lowest BCUT2D eigenvalue weighted by Gasteiger charge is -2.03. The Labute approximate surface area is 119 Å². The maximum atomic E-state index is 3.55. The molecule has 1 aliphatic carbocycles. The molecule has 0 atom stereocenters. The Morgan fingerprint density at radius 3 is 2.68 bits per heavy atom. The number of rotatable bonds is 4. The van der Waals surface area contributed by atoms with Crippen LogP contribution in [0.3, 0.4) is 0 Å². The number of fused-ring (bicyclic) bond motifs is 1. The van der Waals surface area contributed by atoms with Crippen molar-refractivity contribution in [2.75, 3.05) is 0 Å². The highest BCUT2D eigenvalue weighted by atomic mass is 32.1. The molecule has 0 fully saturated rings. The summed E-state index contributed by atoms with van der Waals surface area (Å²) in [6.07, 6.45) is 6.76. The summed E-state index contributed by atoms with van der Waals surface area (Å²) in [6.45, 7) is 1.97. The fraction of sp³-hybridized carbons (Fsp3) is 0.412. The predicted octanol–water partition coefficient (Wildman–Crippen LogP) is 4.31. The van der Waals surface area contributed by atoms with E-state index in [1.165, 1.54) is 42.5 Å². The van der Waals surface area contributed by atoms with Gasteiger partial charge in [0.15, 0.2) is 0 Å². The van der Waals surface area contributed by atoms with Crippen LogP contribution in [0.4, 0.5) is 0 Å². The predicted molar refractivity (Wildman–Crippen MR) is 82.6 cm³/mol. The second-order valence-corrected chi connectivity index (χ2v) is 6.53. The standard InChI is InChI=1S/C17H21NS/c1-3-7-14(8-4-1)12-18-13-16-11-15-9-5-2-6-10-17(15)19-16/h1,3-4,7-8,11,18H,2,5-6,9-10,12-13H2. The SMILES string of the molecule is c1ccc(CNCc2cc3c(s2)CCCCC3)cc1. The third kappa shape index (κ3) is 3.46. The third-order valence-electron chi connectivity index (χ3n) is 3.77. The van der Waals surface area contributed by atoms with Crippen molar-refractivity contribution in [3.63, 3.8) is 0 Å². The van der Waals surface area contributed by atoms with Crippen LogP contribution in [0.5, 0.6) is 0 Å². The lowest BCUT2D eigenvalue weighted by atomic mass is 10.1. The normalized spacial score (nSPS) is 14.9. The first-order valence-corrected chi connectivity index (χ1v) is 8.08. The number of aryl methyl sites for hydroxylation is 2. The molecule has 1 aliphatic rings. The van der Waals surface area contributed by atoms with Gasteiger partial charge < -0.3 is 5.32 Å². The minimum absolute atomic E-state index is 0.962. The van der Waals surface area contributed by atoms with Crippen molar-refractivity contribution < 1.29 is 0 Å². The van der Waals surface area contributed by atoms with Crippen molar-refractivity contribution in [3.05, 3.63) is 57.3 Å². The molecule has 100 valence electrons. The molecule has 1 nitrogen and oxygen atoms in total. The van der Waals surface area contributed by atoms with Crippen LogP contribution in [0.25, 0.3) is 0 Å². The Morgan fingerprint density at radius 1 is 0.947 bits per heavy atom. The van der Waals surface area contributed by atoms with Crippen LogP contribution in [-0.2, 0) is 25.9 Å². The van der Waals surface area contributed by atoms with Gasteiger partial charge in [0, 0.05) is 22.8 Å². The molecule has 1 N–H and O–H groups in total. The lowest BCUT2D eigenvalue weighted by molar-refractivity contribution is 0.697. The summed E-state index contributed by atoms with van der Waals surface area (Å²) in [5.41, 5.74) is 2.99. The van der Waals surface area contributed by atoms with E-state index >= 15 is 0 Å². The average Bonchev–Trinajstić information content (AvgIpc) is 2.70. The van der Waals surface area contributed by atoms with Crippen molar-refractivity contribution in [3.8, 4) is 0 Å². The van der Waals surface area contributed by atoms with E-state index in [2.05, 4.69) is 41.7 Å². The highest BCUT2D eigenvalue weighted by molar-refractivity contribution is 7.12. The van der Waals surface area contributed by atoms with E-state index in [4.69, 9.17) is 0 Å². The largest absolute Gasteiger partial charge is 0.308 e. The van der Waals surface area contributed by atoms with Gasteiger partial charge in [-0.3, -0.25) is 0 Å². The van der Waals surface area contributed by atoms with Crippen LogP contribution < -0.4 is 5.32 Å². The Morgan fingerprint density at radius 2 is 1.79 bits per heavy atom. The first-order chi connectivity index (χ1) is 9.42. The first-order valence-electron chi connectivity index (χ1n) is 7.27. The number of benzene rings is 1. The zero-order valence-electron chi connectivity index (χ0n) is 11.3. The fourth-order valence-electron chi connectivity index (χ4n) is 2.74. The molecule has 0 bridgehead atoms. The monoisotopic (exact) mass is 271 g/mol. The quantitative estimate of drug-likeness (QED) is 0.817. The number of hydrogen-bond acceptors (Lipinski definition) is 2. The molecule has 0 aliphatic heterocycles. The second-order valence-electron chi connectivity index (χ2n) is 5.31. The molecule has 0 unspecified atom stereocenters. The molecule has 19 heavy (non-hydrogen) atoms. The molecule has 0 radical (unpaired) electrons. The Balaban J connectivity index is 1.56. The number of nitrogens with one attached hydrogen (secondary N) is 1. The zero-order valence-corrected chi connectivity index (χ0v) is 12.1. The summed E-state index contributed by atoms with van der Waals surface area (Å²) in [6, 6.07) is 13.1. The Hall–Kier alpha value is -1.12. The maximum Gasteiger partial charge on any atom is 0.0303 e. The van der Waals surface area contributed by atoms with Gasteiger partial charge in [-0.15, -0.1) is 11.3 Å². The van der Waals surface area contributed by atoms with Crippen molar-refractivity contribution in [1.29, 1.82) is 0 Å². The van der Waals surface area contributed by atoms with Crippen LogP contribution in [0.15, 0.2) is 36.4 Å².